The highest BCUT2D eigenvalue weighted by Crippen LogP contribution is 2.28. The summed E-state index contributed by atoms with van der Waals surface area (Å²) < 4.78 is 39.2. The number of halogens is 3. The Morgan fingerprint density at radius 3 is 2.31 bits per heavy atom. The van der Waals surface area contributed by atoms with Crippen LogP contribution in [0.3, 0.4) is 0 Å². The van der Waals surface area contributed by atoms with E-state index < -0.39 is 5.92 Å². The molecular weight excluding hydrogens is 417 g/mol. The third-order valence-corrected chi connectivity index (χ3v) is 4.96. The summed E-state index contributed by atoms with van der Waals surface area (Å²) in [6, 6.07) is 13.0. The summed E-state index contributed by atoms with van der Waals surface area (Å²) in [7, 11) is 1.73. The molecule has 0 saturated carbocycles. The van der Waals surface area contributed by atoms with Crippen molar-refractivity contribution in [2.75, 3.05) is 25.9 Å². The van der Waals surface area contributed by atoms with Crippen molar-refractivity contribution in [1.82, 2.24) is 14.9 Å². The molecule has 2 N–H and O–H groups in total. The average Bonchev–Trinajstić information content (AvgIpc) is 2.76. The molecule has 170 valence electrons. The number of alkyl halides is 2. The van der Waals surface area contributed by atoms with Crippen LogP contribution >= 0.6 is 0 Å². The Bertz CT molecular complexity index is 1010. The molecule has 1 saturated heterocycles. The van der Waals surface area contributed by atoms with Crippen LogP contribution in [0.4, 0.5) is 19.0 Å². The number of carbonyl (C=O) groups is 1. The van der Waals surface area contributed by atoms with Crippen LogP contribution < -0.4 is 5.73 Å². The molecule has 0 atom stereocenters. The topological polar surface area (TPSA) is 72.1 Å². The lowest BCUT2D eigenvalue weighted by molar-refractivity contribution is -0.0980. The van der Waals surface area contributed by atoms with E-state index in [9.17, 15) is 13.2 Å². The Hall–Kier alpha value is -3.26. The average molecular weight is 445 g/mol. The summed E-state index contributed by atoms with van der Waals surface area (Å²) in [6.45, 7) is 4.76. The number of nitrogen functional groups attached to an aromatic ring is 1. The maximum atomic E-state index is 14.4. The van der Waals surface area contributed by atoms with Crippen LogP contribution in [0, 0.1) is 12.7 Å². The maximum absolute atomic E-state index is 14.4. The predicted octanol–water partition coefficient (Wildman–Crippen LogP) is 5.00. The molecule has 8 heteroatoms. The van der Waals surface area contributed by atoms with Crippen molar-refractivity contribution in [1.29, 1.82) is 0 Å². The fraction of sp³-hybridized carbons (Fsp3) is 0.292. The number of nitrogens with zero attached hydrogens (tertiary/aromatic N) is 3. The molecule has 2 heterocycles. The van der Waals surface area contributed by atoms with Gasteiger partial charge in [0.25, 0.3) is 5.92 Å². The Morgan fingerprint density at radius 1 is 1.06 bits per heavy atom. The minimum absolute atomic E-state index is 0.0625. The van der Waals surface area contributed by atoms with Gasteiger partial charge < -0.3 is 15.4 Å². The van der Waals surface area contributed by atoms with Gasteiger partial charge >= 0.3 is 0 Å². The monoisotopic (exact) mass is 444 g/mol. The fourth-order valence-electron chi connectivity index (χ4n) is 3.42. The number of aromatic nitrogens is 2. The van der Waals surface area contributed by atoms with Crippen LogP contribution in [0.5, 0.6) is 0 Å². The van der Waals surface area contributed by atoms with Gasteiger partial charge in [-0.15, -0.1) is 0 Å². The highest BCUT2D eigenvalue weighted by molar-refractivity contribution is 5.71. The van der Waals surface area contributed by atoms with E-state index in [-0.39, 0.29) is 18.8 Å². The van der Waals surface area contributed by atoms with E-state index in [2.05, 4.69) is 9.97 Å². The fourth-order valence-corrected chi connectivity index (χ4v) is 3.42. The van der Waals surface area contributed by atoms with Crippen molar-refractivity contribution in [3.05, 3.63) is 66.2 Å². The van der Waals surface area contributed by atoms with Crippen molar-refractivity contribution < 1.29 is 18.0 Å². The SMILES string of the molecule is C=O.CN1CCCC(F)(F)C1.Cc1ccccc1-c1ccc(-c2cnc(N)cn2)c(F)c1. The standard InChI is InChI=1S/C17H14FN3.C6H11F2N.CH2O/c1-11-4-2-3-5-13(11)12-6-7-14(15(18)8-12)16-9-21-17(19)10-20-16;1-9-4-2-3-6(7,8)5-9;1-2/h2-10H,1H3,(H2,19,21);2-5H2,1H3;1H2. The summed E-state index contributed by atoms with van der Waals surface area (Å²) in [5.41, 5.74) is 9.35. The molecule has 5 nitrogen and oxygen atoms in total. The Kier molecular flexibility index (Phi) is 8.90. The van der Waals surface area contributed by atoms with Gasteiger partial charge in [0.2, 0.25) is 0 Å². The summed E-state index contributed by atoms with van der Waals surface area (Å²) in [6.07, 6.45) is 3.59. The number of hydrogen-bond acceptors (Lipinski definition) is 5. The molecule has 0 radical (unpaired) electrons. The molecule has 1 aliphatic heterocycles. The lowest BCUT2D eigenvalue weighted by Crippen LogP contribution is -2.39. The Labute approximate surface area is 186 Å². The van der Waals surface area contributed by atoms with Crippen LogP contribution in [0.2, 0.25) is 0 Å². The lowest BCUT2D eigenvalue weighted by atomic mass is 9.98. The van der Waals surface area contributed by atoms with Gasteiger partial charge in [0.15, 0.2) is 0 Å². The second kappa shape index (κ2) is 11.4. The van der Waals surface area contributed by atoms with Gasteiger partial charge in [-0.2, -0.15) is 0 Å². The number of piperidine rings is 1. The molecule has 3 aromatic rings. The predicted molar refractivity (Wildman–Crippen MR) is 121 cm³/mol. The zero-order valence-electron chi connectivity index (χ0n) is 18.2. The van der Waals surface area contributed by atoms with Gasteiger partial charge in [-0.3, -0.25) is 4.98 Å². The molecule has 1 aromatic heterocycles. The molecule has 0 aliphatic carbocycles. The second-order valence-corrected chi connectivity index (χ2v) is 7.53. The van der Waals surface area contributed by atoms with Crippen molar-refractivity contribution in [3.63, 3.8) is 0 Å². The maximum Gasteiger partial charge on any atom is 0.260 e. The molecule has 0 spiro atoms. The first-order valence-electron chi connectivity index (χ1n) is 10.0. The first-order valence-corrected chi connectivity index (χ1v) is 10.0. The Morgan fingerprint density at radius 2 is 1.78 bits per heavy atom. The first kappa shape index (κ1) is 25.0. The van der Waals surface area contributed by atoms with E-state index in [0.717, 1.165) is 23.2 Å². The molecule has 0 unspecified atom stereocenters. The van der Waals surface area contributed by atoms with E-state index in [0.29, 0.717) is 23.5 Å². The lowest BCUT2D eigenvalue weighted by Gasteiger charge is -2.28. The van der Waals surface area contributed by atoms with Gasteiger partial charge in [0.1, 0.15) is 18.4 Å². The number of anilines is 1. The largest absolute Gasteiger partial charge is 0.382 e. The smallest absolute Gasteiger partial charge is 0.260 e. The molecule has 2 aromatic carbocycles. The van der Waals surface area contributed by atoms with Gasteiger partial charge in [0, 0.05) is 12.0 Å². The second-order valence-electron chi connectivity index (χ2n) is 7.53. The van der Waals surface area contributed by atoms with Gasteiger partial charge in [0.05, 0.1) is 24.6 Å². The Balaban J connectivity index is 0.000000277. The van der Waals surface area contributed by atoms with Crippen molar-refractivity contribution in [2.24, 2.45) is 0 Å². The number of benzene rings is 2. The molecular formula is C24H27F3N4O. The molecule has 1 fully saturated rings. The van der Waals surface area contributed by atoms with Crippen LogP contribution in [0.15, 0.2) is 54.9 Å². The van der Waals surface area contributed by atoms with Crippen molar-refractivity contribution >= 4 is 12.6 Å². The number of aryl methyl sites for hydroxylation is 1. The number of nitrogens with two attached hydrogens (primary N) is 1. The van der Waals surface area contributed by atoms with Gasteiger partial charge in [-0.1, -0.05) is 30.3 Å². The number of carbonyl (C=O) groups excluding carboxylic acids is 1. The zero-order valence-corrected chi connectivity index (χ0v) is 18.2. The summed E-state index contributed by atoms with van der Waals surface area (Å²) in [5.74, 6) is -2.43. The van der Waals surface area contributed by atoms with Crippen LogP contribution in [-0.4, -0.2) is 47.7 Å². The van der Waals surface area contributed by atoms with Crippen LogP contribution in [-0.2, 0) is 4.79 Å². The van der Waals surface area contributed by atoms with Crippen molar-refractivity contribution in [3.8, 4) is 22.4 Å². The van der Waals surface area contributed by atoms with Gasteiger partial charge in [-0.25, -0.2) is 18.2 Å². The zero-order chi connectivity index (χ0) is 23.7. The van der Waals surface area contributed by atoms with Crippen LogP contribution in [0.25, 0.3) is 22.4 Å². The van der Waals surface area contributed by atoms with Crippen LogP contribution in [0.1, 0.15) is 18.4 Å². The normalized spacial score (nSPS) is 15.0. The van der Waals surface area contributed by atoms with E-state index in [4.69, 9.17) is 10.5 Å². The number of rotatable bonds is 2. The van der Waals surface area contributed by atoms with Crippen molar-refractivity contribution in [2.45, 2.75) is 25.7 Å². The molecule has 32 heavy (non-hydrogen) atoms. The van der Waals surface area contributed by atoms with E-state index in [1.165, 1.54) is 18.5 Å². The minimum atomic E-state index is -2.42. The summed E-state index contributed by atoms with van der Waals surface area (Å²) in [5, 5.41) is 0. The molecule has 4 rings (SSSR count). The highest BCUT2D eigenvalue weighted by Gasteiger charge is 2.33. The quantitative estimate of drug-likeness (QED) is 0.602. The molecule has 0 amide bonds. The summed E-state index contributed by atoms with van der Waals surface area (Å²) in [4.78, 5) is 17.7. The number of hydrogen-bond donors (Lipinski definition) is 1. The van der Waals surface area contributed by atoms with E-state index in [1.807, 2.05) is 44.0 Å². The van der Waals surface area contributed by atoms with Gasteiger partial charge in [-0.05, 0) is 55.8 Å². The number of likely N-dealkylation sites (tertiary alicyclic amines) is 1. The summed E-state index contributed by atoms with van der Waals surface area (Å²) >= 11 is 0. The highest BCUT2D eigenvalue weighted by atomic mass is 19.3. The third kappa shape index (κ3) is 6.88. The third-order valence-electron chi connectivity index (χ3n) is 4.96. The van der Waals surface area contributed by atoms with E-state index >= 15 is 0 Å². The first-order chi connectivity index (χ1) is 15.2. The minimum Gasteiger partial charge on any atom is -0.382 e. The molecule has 1 aliphatic rings. The van der Waals surface area contributed by atoms with E-state index in [1.54, 1.807) is 18.0 Å². The molecule has 0 bridgehead atoms.